The standard InChI is InChI=1S/C12H19NO/c1-8(2)12(13)10-7-9(3)5-6-11(10)14-4/h5-8,12H,13H2,1-4H3/t12-/m1/s1. The number of hydrogen-bond acceptors (Lipinski definition) is 2. The molecule has 1 rings (SSSR count). The van der Waals surface area contributed by atoms with Gasteiger partial charge >= 0.3 is 0 Å². The summed E-state index contributed by atoms with van der Waals surface area (Å²) in [5.74, 6) is 1.31. The number of ether oxygens (including phenoxy) is 1. The van der Waals surface area contributed by atoms with E-state index in [9.17, 15) is 0 Å². The van der Waals surface area contributed by atoms with Crippen LogP contribution in [0.2, 0.25) is 0 Å². The predicted octanol–water partition coefficient (Wildman–Crippen LogP) is 2.66. The van der Waals surface area contributed by atoms with Crippen LogP contribution in [0.3, 0.4) is 0 Å². The third kappa shape index (κ3) is 2.26. The summed E-state index contributed by atoms with van der Waals surface area (Å²) >= 11 is 0. The predicted molar refractivity (Wildman–Crippen MR) is 59.5 cm³/mol. The quantitative estimate of drug-likeness (QED) is 0.801. The molecule has 2 N–H and O–H groups in total. The van der Waals surface area contributed by atoms with Crippen molar-refractivity contribution in [2.24, 2.45) is 11.7 Å². The molecule has 14 heavy (non-hydrogen) atoms. The van der Waals surface area contributed by atoms with Crippen LogP contribution in [0.25, 0.3) is 0 Å². The maximum Gasteiger partial charge on any atom is 0.123 e. The van der Waals surface area contributed by atoms with Crippen LogP contribution >= 0.6 is 0 Å². The number of hydrogen-bond donors (Lipinski definition) is 1. The molecule has 2 heteroatoms. The van der Waals surface area contributed by atoms with Crippen molar-refractivity contribution in [3.63, 3.8) is 0 Å². The van der Waals surface area contributed by atoms with Crippen molar-refractivity contribution in [3.8, 4) is 5.75 Å². The average Bonchev–Trinajstić information content (AvgIpc) is 2.16. The third-order valence-electron chi connectivity index (χ3n) is 2.46. The van der Waals surface area contributed by atoms with E-state index in [0.29, 0.717) is 5.92 Å². The van der Waals surface area contributed by atoms with Crippen molar-refractivity contribution < 1.29 is 4.74 Å². The molecule has 0 heterocycles. The van der Waals surface area contributed by atoms with E-state index >= 15 is 0 Å². The lowest BCUT2D eigenvalue weighted by Crippen LogP contribution is -2.17. The first kappa shape index (κ1) is 11.1. The van der Waals surface area contributed by atoms with E-state index in [1.165, 1.54) is 5.56 Å². The highest BCUT2D eigenvalue weighted by atomic mass is 16.5. The van der Waals surface area contributed by atoms with Gasteiger partial charge in [-0.2, -0.15) is 0 Å². The number of nitrogens with two attached hydrogens (primary N) is 1. The first-order chi connectivity index (χ1) is 6.56. The molecular formula is C12H19NO. The van der Waals surface area contributed by atoms with E-state index in [4.69, 9.17) is 10.5 Å². The summed E-state index contributed by atoms with van der Waals surface area (Å²) in [6, 6.07) is 6.16. The largest absolute Gasteiger partial charge is 0.496 e. The van der Waals surface area contributed by atoms with Crippen LogP contribution in [0.4, 0.5) is 0 Å². The topological polar surface area (TPSA) is 35.2 Å². The Kier molecular flexibility index (Phi) is 3.53. The molecule has 0 amide bonds. The number of methoxy groups -OCH3 is 1. The fourth-order valence-corrected chi connectivity index (χ4v) is 1.47. The fourth-order valence-electron chi connectivity index (χ4n) is 1.47. The Bertz CT molecular complexity index is 307. The van der Waals surface area contributed by atoms with E-state index < -0.39 is 0 Å². The van der Waals surface area contributed by atoms with Gasteiger partial charge in [0.25, 0.3) is 0 Å². The molecule has 1 aromatic rings. The lowest BCUT2D eigenvalue weighted by atomic mass is 9.95. The highest BCUT2D eigenvalue weighted by Crippen LogP contribution is 2.28. The highest BCUT2D eigenvalue weighted by molar-refractivity contribution is 5.39. The molecule has 0 saturated heterocycles. The van der Waals surface area contributed by atoms with E-state index in [1.54, 1.807) is 7.11 Å². The smallest absolute Gasteiger partial charge is 0.123 e. The van der Waals surface area contributed by atoms with E-state index in [-0.39, 0.29) is 6.04 Å². The Hall–Kier alpha value is -1.02. The Morgan fingerprint density at radius 1 is 1.29 bits per heavy atom. The summed E-state index contributed by atoms with van der Waals surface area (Å²) in [5, 5.41) is 0. The average molecular weight is 193 g/mol. The van der Waals surface area contributed by atoms with Gasteiger partial charge in [0.1, 0.15) is 5.75 Å². The molecule has 78 valence electrons. The molecule has 0 bridgehead atoms. The van der Waals surface area contributed by atoms with Crippen molar-refractivity contribution >= 4 is 0 Å². The van der Waals surface area contributed by atoms with E-state index in [1.807, 2.05) is 12.1 Å². The minimum Gasteiger partial charge on any atom is -0.496 e. The van der Waals surface area contributed by atoms with Gasteiger partial charge < -0.3 is 10.5 Å². The summed E-state index contributed by atoms with van der Waals surface area (Å²) in [7, 11) is 1.68. The summed E-state index contributed by atoms with van der Waals surface area (Å²) in [5.41, 5.74) is 8.42. The van der Waals surface area contributed by atoms with Crippen molar-refractivity contribution in [1.29, 1.82) is 0 Å². The van der Waals surface area contributed by atoms with Crippen LogP contribution in [0.1, 0.15) is 31.0 Å². The maximum atomic E-state index is 6.10. The van der Waals surface area contributed by atoms with Crippen molar-refractivity contribution in [1.82, 2.24) is 0 Å². The van der Waals surface area contributed by atoms with Gasteiger partial charge in [-0.1, -0.05) is 31.5 Å². The molecule has 0 saturated carbocycles. The van der Waals surface area contributed by atoms with E-state index in [0.717, 1.165) is 11.3 Å². The summed E-state index contributed by atoms with van der Waals surface area (Å²) in [6.45, 7) is 6.30. The highest BCUT2D eigenvalue weighted by Gasteiger charge is 2.14. The summed E-state index contributed by atoms with van der Waals surface area (Å²) < 4.78 is 5.29. The van der Waals surface area contributed by atoms with Gasteiger partial charge in [-0.05, 0) is 18.9 Å². The fraction of sp³-hybridized carbons (Fsp3) is 0.500. The second-order valence-corrected chi connectivity index (χ2v) is 4.02. The van der Waals surface area contributed by atoms with Gasteiger partial charge in [-0.15, -0.1) is 0 Å². The summed E-state index contributed by atoms with van der Waals surface area (Å²) in [6.07, 6.45) is 0. The molecule has 0 aromatic heterocycles. The maximum absolute atomic E-state index is 6.10. The zero-order chi connectivity index (χ0) is 10.7. The van der Waals surface area contributed by atoms with Gasteiger partial charge in [-0.25, -0.2) is 0 Å². The molecule has 0 aliphatic rings. The number of benzene rings is 1. The molecule has 0 fully saturated rings. The summed E-state index contributed by atoms with van der Waals surface area (Å²) in [4.78, 5) is 0. The lowest BCUT2D eigenvalue weighted by molar-refractivity contribution is 0.396. The van der Waals surface area contributed by atoms with Crippen molar-refractivity contribution in [2.75, 3.05) is 7.11 Å². The van der Waals surface area contributed by atoms with Gasteiger partial charge in [0.15, 0.2) is 0 Å². The number of aryl methyl sites for hydroxylation is 1. The molecule has 2 nitrogen and oxygen atoms in total. The minimum atomic E-state index is 0.0462. The molecule has 1 atom stereocenters. The first-order valence-corrected chi connectivity index (χ1v) is 4.96. The Morgan fingerprint density at radius 2 is 1.93 bits per heavy atom. The zero-order valence-electron chi connectivity index (χ0n) is 9.37. The second kappa shape index (κ2) is 4.47. The SMILES string of the molecule is COc1ccc(C)cc1[C@H](N)C(C)C. The van der Waals surface area contributed by atoms with Gasteiger partial charge in [-0.3, -0.25) is 0 Å². The van der Waals surface area contributed by atoms with E-state index in [2.05, 4.69) is 26.8 Å². The molecule has 1 aromatic carbocycles. The Morgan fingerprint density at radius 3 is 2.43 bits per heavy atom. The lowest BCUT2D eigenvalue weighted by Gasteiger charge is -2.19. The second-order valence-electron chi connectivity index (χ2n) is 4.02. The molecule has 0 unspecified atom stereocenters. The molecule has 0 spiro atoms. The Balaban J connectivity index is 3.10. The third-order valence-corrected chi connectivity index (χ3v) is 2.46. The van der Waals surface area contributed by atoms with Crippen LogP contribution in [0.5, 0.6) is 5.75 Å². The van der Waals surface area contributed by atoms with Crippen molar-refractivity contribution in [2.45, 2.75) is 26.8 Å². The van der Waals surface area contributed by atoms with Gasteiger partial charge in [0.05, 0.1) is 7.11 Å². The molecule has 0 aliphatic carbocycles. The molecule has 0 radical (unpaired) electrons. The zero-order valence-corrected chi connectivity index (χ0v) is 9.37. The van der Waals surface area contributed by atoms with Crippen LogP contribution in [-0.4, -0.2) is 7.11 Å². The van der Waals surface area contributed by atoms with Crippen LogP contribution in [-0.2, 0) is 0 Å². The van der Waals surface area contributed by atoms with Gasteiger partial charge in [0.2, 0.25) is 0 Å². The van der Waals surface area contributed by atoms with Crippen LogP contribution in [0.15, 0.2) is 18.2 Å². The Labute approximate surface area is 86.1 Å². The van der Waals surface area contributed by atoms with Gasteiger partial charge in [0, 0.05) is 11.6 Å². The number of rotatable bonds is 3. The molecular weight excluding hydrogens is 174 g/mol. The minimum absolute atomic E-state index is 0.0462. The van der Waals surface area contributed by atoms with Crippen LogP contribution in [0, 0.1) is 12.8 Å². The molecule has 0 aliphatic heterocycles. The van der Waals surface area contributed by atoms with Crippen molar-refractivity contribution in [3.05, 3.63) is 29.3 Å². The monoisotopic (exact) mass is 193 g/mol. The normalized spacial score (nSPS) is 13.0. The first-order valence-electron chi connectivity index (χ1n) is 4.96. The van der Waals surface area contributed by atoms with Crippen LogP contribution < -0.4 is 10.5 Å².